The summed E-state index contributed by atoms with van der Waals surface area (Å²) in [5, 5.41) is 7.12. The molecular weight excluding hydrogens is 320 g/mol. The normalized spacial score (nSPS) is 12.1. The van der Waals surface area contributed by atoms with Gasteiger partial charge in [-0.05, 0) is 33.0 Å². The van der Waals surface area contributed by atoms with Crippen LogP contribution in [0.15, 0.2) is 31.8 Å². The van der Waals surface area contributed by atoms with Crippen LogP contribution in [0.1, 0.15) is 30.1 Å². The Balaban J connectivity index is 0.00000192. The first kappa shape index (κ1) is 17.2. The van der Waals surface area contributed by atoms with E-state index >= 15 is 0 Å². The molecule has 124 valence electrons. The lowest BCUT2D eigenvalue weighted by molar-refractivity contribution is 0.376. The molecule has 0 aromatic carbocycles. The van der Waals surface area contributed by atoms with E-state index in [4.69, 9.17) is 13.4 Å². The van der Waals surface area contributed by atoms with E-state index in [0.717, 1.165) is 17.9 Å². The summed E-state index contributed by atoms with van der Waals surface area (Å²) < 4.78 is 16.2. The van der Waals surface area contributed by atoms with Crippen LogP contribution in [0.5, 0.6) is 0 Å². The molecule has 3 heterocycles. The van der Waals surface area contributed by atoms with Crippen LogP contribution in [0.3, 0.4) is 0 Å². The van der Waals surface area contributed by atoms with Gasteiger partial charge in [-0.15, -0.1) is 12.4 Å². The smallest absolute Gasteiger partial charge is 0.263 e. The Hall–Kier alpha value is -2.12. The number of furan rings is 1. The van der Waals surface area contributed by atoms with Crippen LogP contribution in [-0.4, -0.2) is 28.2 Å². The molecule has 0 amide bonds. The largest absolute Gasteiger partial charge is 0.459 e. The van der Waals surface area contributed by atoms with E-state index in [9.17, 15) is 0 Å². The molecule has 1 unspecified atom stereocenters. The predicted octanol–water partition coefficient (Wildman–Crippen LogP) is 2.79. The van der Waals surface area contributed by atoms with Crippen LogP contribution < -0.4 is 5.32 Å². The van der Waals surface area contributed by atoms with Crippen LogP contribution in [0, 0.1) is 6.92 Å². The number of nitrogens with one attached hydrogen (secondary N) is 1. The highest BCUT2D eigenvalue weighted by Gasteiger charge is 2.17. The van der Waals surface area contributed by atoms with Crippen LogP contribution in [0.25, 0.3) is 11.7 Å². The summed E-state index contributed by atoms with van der Waals surface area (Å²) in [4.78, 5) is 8.82. The number of halogens is 1. The van der Waals surface area contributed by atoms with E-state index < -0.39 is 0 Å². The molecule has 3 rings (SSSR count). The van der Waals surface area contributed by atoms with Crippen LogP contribution in [-0.2, 0) is 12.8 Å². The zero-order valence-corrected chi connectivity index (χ0v) is 14.0. The van der Waals surface area contributed by atoms with Crippen molar-refractivity contribution in [3.8, 4) is 11.7 Å². The van der Waals surface area contributed by atoms with Gasteiger partial charge in [-0.1, -0.05) is 5.16 Å². The van der Waals surface area contributed by atoms with Crippen molar-refractivity contribution in [2.75, 3.05) is 7.05 Å². The van der Waals surface area contributed by atoms with Crippen molar-refractivity contribution in [2.24, 2.45) is 0 Å². The number of rotatable bonds is 6. The monoisotopic (exact) mass is 338 g/mol. The molecule has 3 aromatic heterocycles. The zero-order valence-electron chi connectivity index (χ0n) is 13.2. The van der Waals surface area contributed by atoms with Crippen LogP contribution >= 0.6 is 12.4 Å². The number of hydrogen-bond acceptors (Lipinski definition) is 7. The van der Waals surface area contributed by atoms with E-state index in [2.05, 4.69) is 27.4 Å². The lowest BCUT2D eigenvalue weighted by atomic mass is 10.2. The molecule has 1 atom stereocenters. The van der Waals surface area contributed by atoms with E-state index in [1.54, 1.807) is 18.4 Å². The fraction of sp³-hybridized carbons (Fsp3) is 0.400. The molecule has 0 aliphatic carbocycles. The molecule has 0 saturated carbocycles. The van der Waals surface area contributed by atoms with E-state index in [-0.39, 0.29) is 12.4 Å². The Bertz CT molecular complexity index is 736. The summed E-state index contributed by atoms with van der Waals surface area (Å²) >= 11 is 0. The quantitative estimate of drug-likeness (QED) is 0.739. The molecule has 0 bridgehead atoms. The van der Waals surface area contributed by atoms with Gasteiger partial charge in [-0.25, -0.2) is 4.98 Å². The second-order valence-electron chi connectivity index (χ2n) is 5.17. The average Bonchev–Trinajstić information content (AvgIpc) is 3.22. The maximum atomic E-state index is 5.62. The standard InChI is InChI=1S/C15H18N4O3.ClH/c1-9(16-3)7-13-18-14(22-19-13)8-11-10(2)21-15(17-11)12-5-4-6-20-12;/h4-6,9,16H,7-8H2,1-3H3;1H. The van der Waals surface area contributed by atoms with E-state index in [0.29, 0.717) is 35.8 Å². The number of aryl methyl sites for hydroxylation is 1. The van der Waals surface area contributed by atoms with Gasteiger partial charge in [0.15, 0.2) is 11.6 Å². The van der Waals surface area contributed by atoms with Crippen molar-refractivity contribution < 1.29 is 13.4 Å². The van der Waals surface area contributed by atoms with Crippen molar-refractivity contribution in [3.63, 3.8) is 0 Å². The second kappa shape index (κ2) is 7.43. The molecule has 1 N–H and O–H groups in total. The van der Waals surface area contributed by atoms with Gasteiger partial charge in [0.1, 0.15) is 5.76 Å². The Morgan fingerprint density at radius 2 is 2.13 bits per heavy atom. The van der Waals surface area contributed by atoms with Crippen molar-refractivity contribution in [2.45, 2.75) is 32.7 Å². The lowest BCUT2D eigenvalue weighted by Gasteiger charge is -2.04. The third kappa shape index (κ3) is 4.00. The fourth-order valence-corrected chi connectivity index (χ4v) is 2.06. The highest BCUT2D eigenvalue weighted by atomic mass is 35.5. The average molecular weight is 339 g/mol. The van der Waals surface area contributed by atoms with Gasteiger partial charge >= 0.3 is 0 Å². The minimum Gasteiger partial charge on any atom is -0.459 e. The number of oxazole rings is 1. The minimum atomic E-state index is 0. The molecule has 23 heavy (non-hydrogen) atoms. The maximum absolute atomic E-state index is 5.62. The Morgan fingerprint density at radius 1 is 1.30 bits per heavy atom. The Kier molecular flexibility index (Phi) is 5.57. The molecule has 7 nitrogen and oxygen atoms in total. The summed E-state index contributed by atoms with van der Waals surface area (Å²) in [6.07, 6.45) is 2.74. The second-order valence-corrected chi connectivity index (χ2v) is 5.17. The van der Waals surface area contributed by atoms with Gasteiger partial charge in [0.05, 0.1) is 18.4 Å². The zero-order chi connectivity index (χ0) is 15.5. The molecule has 0 radical (unpaired) electrons. The number of aromatic nitrogens is 3. The van der Waals surface area contributed by atoms with E-state index in [1.807, 2.05) is 14.0 Å². The summed E-state index contributed by atoms with van der Waals surface area (Å²) in [5.74, 6) is 2.99. The molecule has 0 aliphatic rings. The van der Waals surface area contributed by atoms with Crippen molar-refractivity contribution in [1.29, 1.82) is 0 Å². The summed E-state index contributed by atoms with van der Waals surface area (Å²) in [6.45, 7) is 3.92. The molecule has 8 heteroatoms. The van der Waals surface area contributed by atoms with Gasteiger partial charge in [0.25, 0.3) is 5.89 Å². The molecule has 3 aromatic rings. The van der Waals surface area contributed by atoms with Crippen molar-refractivity contribution in [1.82, 2.24) is 20.4 Å². The minimum absolute atomic E-state index is 0. The molecular formula is C15H19ClN4O3. The van der Waals surface area contributed by atoms with E-state index in [1.165, 1.54) is 0 Å². The predicted molar refractivity (Wildman–Crippen MR) is 85.5 cm³/mol. The first-order valence-corrected chi connectivity index (χ1v) is 7.14. The highest BCUT2D eigenvalue weighted by molar-refractivity contribution is 5.85. The van der Waals surface area contributed by atoms with Gasteiger partial charge in [-0.3, -0.25) is 0 Å². The molecule has 0 spiro atoms. The lowest BCUT2D eigenvalue weighted by Crippen LogP contribution is -2.24. The van der Waals surface area contributed by atoms with Crippen LogP contribution in [0.4, 0.5) is 0 Å². The third-order valence-corrected chi connectivity index (χ3v) is 3.44. The van der Waals surface area contributed by atoms with Crippen molar-refractivity contribution >= 4 is 12.4 Å². The fourth-order valence-electron chi connectivity index (χ4n) is 2.06. The number of nitrogens with zero attached hydrogens (tertiary/aromatic N) is 3. The van der Waals surface area contributed by atoms with Gasteiger partial charge in [-0.2, -0.15) is 4.98 Å². The number of hydrogen-bond donors (Lipinski definition) is 1. The summed E-state index contributed by atoms with van der Waals surface area (Å²) in [5.41, 5.74) is 0.767. The first-order chi connectivity index (χ1) is 10.7. The maximum Gasteiger partial charge on any atom is 0.263 e. The first-order valence-electron chi connectivity index (χ1n) is 7.14. The van der Waals surface area contributed by atoms with Gasteiger partial charge < -0.3 is 18.7 Å². The number of likely N-dealkylation sites (N-methyl/N-ethyl adjacent to an activating group) is 1. The molecule has 0 saturated heterocycles. The topological polar surface area (TPSA) is 90.1 Å². The van der Waals surface area contributed by atoms with Gasteiger partial charge in [0, 0.05) is 12.5 Å². The van der Waals surface area contributed by atoms with Gasteiger partial charge in [0.2, 0.25) is 5.89 Å². The molecule has 0 fully saturated rings. The van der Waals surface area contributed by atoms with Crippen molar-refractivity contribution in [3.05, 3.63) is 41.6 Å². The molecule has 0 aliphatic heterocycles. The van der Waals surface area contributed by atoms with Crippen LogP contribution in [0.2, 0.25) is 0 Å². The Labute approximate surface area is 139 Å². The summed E-state index contributed by atoms with van der Waals surface area (Å²) in [6, 6.07) is 3.89. The highest BCUT2D eigenvalue weighted by Crippen LogP contribution is 2.23. The Morgan fingerprint density at radius 3 is 2.83 bits per heavy atom. The SMILES string of the molecule is CNC(C)Cc1noc(Cc2nc(-c3ccco3)oc2C)n1.Cl. The third-order valence-electron chi connectivity index (χ3n) is 3.44. The summed E-state index contributed by atoms with van der Waals surface area (Å²) in [7, 11) is 1.90.